The predicted molar refractivity (Wildman–Crippen MR) is 95.8 cm³/mol. The highest BCUT2D eigenvalue weighted by Crippen LogP contribution is 2.36. The summed E-state index contributed by atoms with van der Waals surface area (Å²) in [6.07, 6.45) is 5.45. The lowest BCUT2D eigenvalue weighted by atomic mass is 9.94. The highest BCUT2D eigenvalue weighted by Gasteiger charge is 2.39. The van der Waals surface area contributed by atoms with Crippen LogP contribution in [0.3, 0.4) is 0 Å². The minimum absolute atomic E-state index is 0. The molecule has 1 saturated carbocycles. The minimum Gasteiger partial charge on any atom is -0.387 e. The van der Waals surface area contributed by atoms with Gasteiger partial charge in [-0.3, -0.25) is 4.79 Å². The van der Waals surface area contributed by atoms with Crippen LogP contribution in [0.15, 0.2) is 17.5 Å². The van der Waals surface area contributed by atoms with E-state index in [1.807, 2.05) is 22.4 Å². The van der Waals surface area contributed by atoms with E-state index in [1.165, 1.54) is 0 Å². The number of amides is 1. The summed E-state index contributed by atoms with van der Waals surface area (Å²) in [5.74, 6) is 0.759. The molecule has 0 radical (unpaired) electrons. The smallest absolute Gasteiger partial charge is 0.226 e. The van der Waals surface area contributed by atoms with Crippen LogP contribution in [-0.4, -0.2) is 35.0 Å². The van der Waals surface area contributed by atoms with E-state index in [9.17, 15) is 9.90 Å². The lowest BCUT2D eigenvalue weighted by Crippen LogP contribution is -2.42. The lowest BCUT2D eigenvalue weighted by molar-refractivity contribution is -0.137. The van der Waals surface area contributed by atoms with Crippen molar-refractivity contribution in [2.24, 2.45) is 17.6 Å². The molecule has 6 heteroatoms. The number of nitrogens with two attached hydrogens (primary N) is 1. The third-order valence-electron chi connectivity index (χ3n) is 5.31. The summed E-state index contributed by atoms with van der Waals surface area (Å²) in [4.78, 5) is 15.9. The van der Waals surface area contributed by atoms with Crippen LogP contribution in [0.2, 0.25) is 0 Å². The van der Waals surface area contributed by atoms with Crippen LogP contribution in [0, 0.1) is 11.8 Å². The number of aliphatic hydroxyl groups is 1. The van der Waals surface area contributed by atoms with E-state index in [0.29, 0.717) is 18.9 Å². The summed E-state index contributed by atoms with van der Waals surface area (Å²) in [6, 6.07) is 4.12. The van der Waals surface area contributed by atoms with Crippen molar-refractivity contribution in [3.05, 3.63) is 22.4 Å². The summed E-state index contributed by atoms with van der Waals surface area (Å²) in [5.41, 5.74) is 5.83. The van der Waals surface area contributed by atoms with Crippen molar-refractivity contribution in [2.75, 3.05) is 13.1 Å². The van der Waals surface area contributed by atoms with Crippen molar-refractivity contribution in [2.45, 2.75) is 50.7 Å². The molecular formula is C17H27ClN2O2S. The molecule has 130 valence electrons. The Morgan fingerprint density at radius 3 is 2.91 bits per heavy atom. The van der Waals surface area contributed by atoms with Crippen molar-refractivity contribution in [3.8, 4) is 0 Å². The molecule has 1 aliphatic carbocycles. The Morgan fingerprint density at radius 1 is 1.39 bits per heavy atom. The Hall–Kier alpha value is -0.620. The Kier molecular flexibility index (Phi) is 6.89. The summed E-state index contributed by atoms with van der Waals surface area (Å²) in [5, 5.41) is 12.4. The van der Waals surface area contributed by atoms with Crippen LogP contribution in [0.5, 0.6) is 0 Å². The zero-order valence-corrected chi connectivity index (χ0v) is 15.0. The van der Waals surface area contributed by atoms with Gasteiger partial charge in [0.05, 0.1) is 6.10 Å². The Balaban J connectivity index is 0.00000192. The van der Waals surface area contributed by atoms with Gasteiger partial charge in [-0.2, -0.15) is 0 Å². The zero-order valence-electron chi connectivity index (χ0n) is 13.4. The molecule has 2 fully saturated rings. The van der Waals surface area contributed by atoms with Gasteiger partial charge >= 0.3 is 0 Å². The molecule has 1 aliphatic heterocycles. The molecule has 23 heavy (non-hydrogen) atoms. The summed E-state index contributed by atoms with van der Waals surface area (Å²) >= 11 is 1.58. The molecule has 1 amide bonds. The van der Waals surface area contributed by atoms with E-state index in [2.05, 4.69) is 0 Å². The standard InChI is InChI=1S/C17H26N2O2S.ClH/c18-11-12-4-1-6-14(12)17(21)19-8-2-5-13(19)10-15(20)16-7-3-9-22-16;/h3,7,9,12-15,20H,1-2,4-6,8,10-11,18H2;1H/t12-,13?,14-,15?;/m1./s1. The molecule has 2 heterocycles. The van der Waals surface area contributed by atoms with Crippen molar-refractivity contribution in [1.82, 2.24) is 4.90 Å². The first-order valence-corrected chi connectivity index (χ1v) is 9.30. The first-order chi connectivity index (χ1) is 10.7. The van der Waals surface area contributed by atoms with Crippen LogP contribution in [0.25, 0.3) is 0 Å². The summed E-state index contributed by atoms with van der Waals surface area (Å²) in [7, 11) is 0. The van der Waals surface area contributed by atoms with Crippen molar-refractivity contribution in [3.63, 3.8) is 0 Å². The second kappa shape index (κ2) is 8.47. The molecule has 1 saturated heterocycles. The number of thiophene rings is 1. The van der Waals surface area contributed by atoms with E-state index < -0.39 is 6.10 Å². The number of rotatable bonds is 5. The van der Waals surface area contributed by atoms with Crippen LogP contribution < -0.4 is 5.73 Å². The van der Waals surface area contributed by atoms with E-state index in [0.717, 1.165) is 43.5 Å². The third kappa shape index (κ3) is 4.08. The van der Waals surface area contributed by atoms with Gasteiger partial charge in [-0.1, -0.05) is 12.5 Å². The number of hydrogen-bond donors (Lipinski definition) is 2. The molecular weight excluding hydrogens is 332 g/mol. The van der Waals surface area contributed by atoms with Gasteiger partial charge < -0.3 is 15.7 Å². The number of nitrogens with zero attached hydrogens (tertiary/aromatic N) is 1. The van der Waals surface area contributed by atoms with E-state index >= 15 is 0 Å². The average molecular weight is 359 g/mol. The average Bonchev–Trinajstić information content (AvgIpc) is 3.26. The van der Waals surface area contributed by atoms with E-state index in [4.69, 9.17) is 5.73 Å². The van der Waals surface area contributed by atoms with Gasteiger partial charge in [0.15, 0.2) is 0 Å². The van der Waals surface area contributed by atoms with E-state index in [-0.39, 0.29) is 30.3 Å². The molecule has 0 bridgehead atoms. The Labute approximate surface area is 148 Å². The second-order valence-electron chi connectivity index (χ2n) is 6.63. The molecule has 4 atom stereocenters. The summed E-state index contributed by atoms with van der Waals surface area (Å²) < 4.78 is 0. The lowest BCUT2D eigenvalue weighted by Gasteiger charge is -2.30. The maximum Gasteiger partial charge on any atom is 0.226 e. The second-order valence-corrected chi connectivity index (χ2v) is 7.61. The molecule has 1 aromatic heterocycles. The molecule has 1 aromatic rings. The van der Waals surface area contributed by atoms with Gasteiger partial charge in [0, 0.05) is 23.4 Å². The van der Waals surface area contributed by atoms with Gasteiger partial charge in [-0.15, -0.1) is 23.7 Å². The fourth-order valence-corrected chi connectivity index (χ4v) is 4.81. The molecule has 4 nitrogen and oxygen atoms in total. The molecule has 3 N–H and O–H groups in total. The quantitative estimate of drug-likeness (QED) is 0.850. The molecule has 0 spiro atoms. The molecule has 2 aliphatic rings. The molecule has 2 unspecified atom stereocenters. The maximum atomic E-state index is 12.9. The topological polar surface area (TPSA) is 66.6 Å². The summed E-state index contributed by atoms with van der Waals surface area (Å²) in [6.45, 7) is 1.46. The first-order valence-electron chi connectivity index (χ1n) is 8.42. The highest BCUT2D eigenvalue weighted by molar-refractivity contribution is 7.10. The largest absolute Gasteiger partial charge is 0.387 e. The monoisotopic (exact) mass is 358 g/mol. The Morgan fingerprint density at radius 2 is 2.22 bits per heavy atom. The normalized spacial score (nSPS) is 28.6. The minimum atomic E-state index is -0.452. The first kappa shape index (κ1) is 18.7. The van der Waals surface area contributed by atoms with Gasteiger partial charge in [-0.25, -0.2) is 0 Å². The van der Waals surface area contributed by atoms with Crippen LogP contribution >= 0.6 is 23.7 Å². The number of aliphatic hydroxyl groups excluding tert-OH is 1. The van der Waals surface area contributed by atoms with Crippen LogP contribution in [-0.2, 0) is 4.79 Å². The third-order valence-corrected chi connectivity index (χ3v) is 6.28. The number of likely N-dealkylation sites (tertiary alicyclic amines) is 1. The number of carbonyl (C=O) groups is 1. The molecule has 0 aromatic carbocycles. The Bertz CT molecular complexity index is 497. The van der Waals surface area contributed by atoms with Crippen LogP contribution in [0.1, 0.15) is 49.5 Å². The fourth-order valence-electron chi connectivity index (χ4n) is 4.08. The number of hydrogen-bond acceptors (Lipinski definition) is 4. The van der Waals surface area contributed by atoms with Crippen molar-refractivity contribution < 1.29 is 9.90 Å². The SMILES string of the molecule is Cl.NC[C@H]1CCC[C@H]1C(=O)N1CCCC1CC(O)c1cccs1. The van der Waals surface area contributed by atoms with Gasteiger partial charge in [0.1, 0.15) is 0 Å². The van der Waals surface area contributed by atoms with E-state index in [1.54, 1.807) is 11.3 Å². The van der Waals surface area contributed by atoms with Gasteiger partial charge in [-0.05, 0) is 56.0 Å². The fraction of sp³-hybridized carbons (Fsp3) is 0.706. The van der Waals surface area contributed by atoms with Crippen molar-refractivity contribution in [1.29, 1.82) is 0 Å². The number of carbonyl (C=O) groups excluding carboxylic acids is 1. The highest BCUT2D eigenvalue weighted by atomic mass is 35.5. The van der Waals surface area contributed by atoms with Gasteiger partial charge in [0.25, 0.3) is 0 Å². The number of halogens is 1. The predicted octanol–water partition coefficient (Wildman–Crippen LogP) is 2.96. The van der Waals surface area contributed by atoms with Crippen molar-refractivity contribution >= 4 is 29.7 Å². The molecule has 3 rings (SSSR count). The van der Waals surface area contributed by atoms with Crippen LogP contribution in [0.4, 0.5) is 0 Å². The maximum absolute atomic E-state index is 12.9. The zero-order chi connectivity index (χ0) is 15.5. The van der Waals surface area contributed by atoms with Gasteiger partial charge in [0.2, 0.25) is 5.91 Å².